The number of aromatic nitrogens is 4. The molecule has 5 rings (SSSR count). The normalized spacial score (nSPS) is 14.7. The summed E-state index contributed by atoms with van der Waals surface area (Å²) in [6.45, 7) is 5.84. The van der Waals surface area contributed by atoms with Crippen molar-refractivity contribution in [2.45, 2.75) is 26.6 Å². The molecular formula is C21H21N5. The van der Waals surface area contributed by atoms with E-state index in [4.69, 9.17) is 10.1 Å². The molecule has 4 aromatic rings. The topological polar surface area (TPSA) is 38.4 Å². The fourth-order valence-electron chi connectivity index (χ4n) is 3.74. The van der Waals surface area contributed by atoms with Gasteiger partial charge in [-0.25, -0.2) is 4.98 Å². The molecule has 0 saturated heterocycles. The van der Waals surface area contributed by atoms with Crippen LogP contribution in [-0.2, 0) is 19.6 Å². The summed E-state index contributed by atoms with van der Waals surface area (Å²) in [7, 11) is 0. The first-order chi connectivity index (χ1) is 12.8. The van der Waals surface area contributed by atoms with Gasteiger partial charge in [-0.15, -0.1) is 0 Å². The van der Waals surface area contributed by atoms with Gasteiger partial charge >= 0.3 is 0 Å². The molecule has 0 bridgehead atoms. The Balaban J connectivity index is 1.37. The molecule has 1 aromatic carbocycles. The summed E-state index contributed by atoms with van der Waals surface area (Å²) in [5.74, 6) is 0. The van der Waals surface area contributed by atoms with Crippen LogP contribution in [0.15, 0.2) is 60.9 Å². The molecule has 0 fully saturated rings. The van der Waals surface area contributed by atoms with Crippen LogP contribution >= 0.6 is 0 Å². The van der Waals surface area contributed by atoms with Gasteiger partial charge in [0.1, 0.15) is 5.65 Å². The standard InChI is InChI=1S/C21H21N5/c1-16-6-2-3-7-19(16)20-12-18-15-24(10-11-26(18)23-20)13-17-14-25-9-5-4-8-21(25)22-17/h2-9,12,14H,10-11,13,15H2,1H3. The fraction of sp³-hybridized carbons (Fsp3) is 0.238. The molecule has 0 spiro atoms. The Morgan fingerprint density at radius 3 is 2.81 bits per heavy atom. The highest BCUT2D eigenvalue weighted by Crippen LogP contribution is 2.25. The molecule has 1 aliphatic heterocycles. The third-order valence-corrected chi connectivity index (χ3v) is 5.10. The van der Waals surface area contributed by atoms with Crippen molar-refractivity contribution >= 4 is 5.65 Å². The molecule has 0 saturated carbocycles. The van der Waals surface area contributed by atoms with E-state index in [1.54, 1.807) is 0 Å². The molecule has 0 amide bonds. The quantitative estimate of drug-likeness (QED) is 0.571. The molecule has 5 heteroatoms. The number of nitrogens with zero attached hydrogens (tertiary/aromatic N) is 5. The summed E-state index contributed by atoms with van der Waals surface area (Å²) in [4.78, 5) is 7.17. The van der Waals surface area contributed by atoms with Crippen molar-refractivity contribution < 1.29 is 0 Å². The van der Waals surface area contributed by atoms with E-state index in [9.17, 15) is 0 Å². The number of hydrogen-bond donors (Lipinski definition) is 0. The highest BCUT2D eigenvalue weighted by molar-refractivity contribution is 5.63. The van der Waals surface area contributed by atoms with E-state index in [2.05, 4.69) is 57.4 Å². The van der Waals surface area contributed by atoms with E-state index < -0.39 is 0 Å². The van der Waals surface area contributed by atoms with Crippen molar-refractivity contribution in [3.05, 3.63) is 77.9 Å². The summed E-state index contributed by atoms with van der Waals surface area (Å²) in [5, 5.41) is 4.83. The summed E-state index contributed by atoms with van der Waals surface area (Å²) in [6, 6.07) is 16.8. The highest BCUT2D eigenvalue weighted by Gasteiger charge is 2.20. The summed E-state index contributed by atoms with van der Waals surface area (Å²) < 4.78 is 4.24. The second kappa shape index (κ2) is 6.11. The third kappa shape index (κ3) is 2.70. The van der Waals surface area contributed by atoms with Crippen LogP contribution in [0.25, 0.3) is 16.9 Å². The van der Waals surface area contributed by atoms with Crippen molar-refractivity contribution in [1.82, 2.24) is 24.1 Å². The molecule has 5 nitrogen and oxygen atoms in total. The lowest BCUT2D eigenvalue weighted by molar-refractivity contribution is 0.203. The summed E-state index contributed by atoms with van der Waals surface area (Å²) in [6.07, 6.45) is 4.17. The fourth-order valence-corrected chi connectivity index (χ4v) is 3.74. The Hall–Kier alpha value is -2.92. The minimum absolute atomic E-state index is 0.868. The molecule has 0 unspecified atom stereocenters. The largest absolute Gasteiger partial charge is 0.307 e. The molecule has 26 heavy (non-hydrogen) atoms. The molecule has 3 aromatic heterocycles. The maximum atomic E-state index is 4.83. The van der Waals surface area contributed by atoms with Crippen molar-refractivity contribution in [2.24, 2.45) is 0 Å². The lowest BCUT2D eigenvalue weighted by Crippen LogP contribution is -2.33. The molecule has 0 radical (unpaired) electrons. The first-order valence-corrected chi connectivity index (χ1v) is 9.04. The van der Waals surface area contributed by atoms with Crippen LogP contribution in [0.2, 0.25) is 0 Å². The van der Waals surface area contributed by atoms with Gasteiger partial charge in [0.05, 0.1) is 23.6 Å². The zero-order valence-electron chi connectivity index (χ0n) is 14.8. The van der Waals surface area contributed by atoms with E-state index in [1.165, 1.54) is 16.8 Å². The van der Waals surface area contributed by atoms with Gasteiger partial charge in [0.25, 0.3) is 0 Å². The van der Waals surface area contributed by atoms with Crippen LogP contribution in [-0.4, -0.2) is 30.6 Å². The van der Waals surface area contributed by atoms with E-state index in [0.717, 1.165) is 43.2 Å². The number of benzene rings is 1. The highest BCUT2D eigenvalue weighted by atomic mass is 15.3. The van der Waals surface area contributed by atoms with Crippen molar-refractivity contribution in [3.8, 4) is 11.3 Å². The van der Waals surface area contributed by atoms with Gasteiger partial charge in [0.15, 0.2) is 0 Å². The number of fused-ring (bicyclic) bond motifs is 2. The summed E-state index contributed by atoms with van der Waals surface area (Å²) >= 11 is 0. The monoisotopic (exact) mass is 343 g/mol. The average molecular weight is 343 g/mol. The Morgan fingerprint density at radius 1 is 1.04 bits per heavy atom. The zero-order chi connectivity index (χ0) is 17.5. The Morgan fingerprint density at radius 2 is 1.92 bits per heavy atom. The molecule has 130 valence electrons. The van der Waals surface area contributed by atoms with Crippen LogP contribution in [0.3, 0.4) is 0 Å². The molecular weight excluding hydrogens is 322 g/mol. The van der Waals surface area contributed by atoms with Gasteiger partial charge in [-0.05, 0) is 30.7 Å². The molecule has 4 heterocycles. The number of pyridine rings is 1. The van der Waals surface area contributed by atoms with E-state index in [-0.39, 0.29) is 0 Å². The van der Waals surface area contributed by atoms with Crippen LogP contribution < -0.4 is 0 Å². The molecule has 1 aliphatic rings. The molecule has 0 aliphatic carbocycles. The summed E-state index contributed by atoms with van der Waals surface area (Å²) in [5.41, 5.74) is 6.96. The molecule has 0 N–H and O–H groups in total. The Kier molecular flexibility index (Phi) is 3.60. The maximum Gasteiger partial charge on any atom is 0.137 e. The average Bonchev–Trinajstić information content (AvgIpc) is 3.24. The first-order valence-electron chi connectivity index (χ1n) is 9.04. The van der Waals surface area contributed by atoms with E-state index in [1.807, 2.05) is 24.4 Å². The van der Waals surface area contributed by atoms with E-state index in [0.29, 0.717) is 0 Å². The van der Waals surface area contributed by atoms with Gasteiger partial charge in [-0.3, -0.25) is 9.58 Å². The van der Waals surface area contributed by atoms with Gasteiger partial charge < -0.3 is 4.40 Å². The SMILES string of the molecule is Cc1ccccc1-c1cc2n(n1)CCN(Cc1cn3ccccc3n1)C2. The number of rotatable bonds is 3. The third-order valence-electron chi connectivity index (χ3n) is 5.10. The van der Waals surface area contributed by atoms with Crippen molar-refractivity contribution in [2.75, 3.05) is 6.54 Å². The Labute approximate surface area is 152 Å². The second-order valence-electron chi connectivity index (χ2n) is 6.97. The second-order valence-corrected chi connectivity index (χ2v) is 6.97. The molecule has 0 atom stereocenters. The maximum absolute atomic E-state index is 4.83. The lowest BCUT2D eigenvalue weighted by atomic mass is 10.1. The lowest BCUT2D eigenvalue weighted by Gasteiger charge is -2.26. The zero-order valence-corrected chi connectivity index (χ0v) is 14.8. The van der Waals surface area contributed by atoms with Crippen LogP contribution in [0.5, 0.6) is 0 Å². The number of hydrogen-bond acceptors (Lipinski definition) is 3. The van der Waals surface area contributed by atoms with Gasteiger partial charge in [-0.1, -0.05) is 30.3 Å². The van der Waals surface area contributed by atoms with Crippen molar-refractivity contribution in [3.63, 3.8) is 0 Å². The minimum atomic E-state index is 0.868. The van der Waals surface area contributed by atoms with Gasteiger partial charge in [-0.2, -0.15) is 5.10 Å². The first kappa shape index (κ1) is 15.3. The number of aryl methyl sites for hydroxylation is 1. The minimum Gasteiger partial charge on any atom is -0.307 e. The van der Waals surface area contributed by atoms with Gasteiger partial charge in [0, 0.05) is 37.6 Å². The smallest absolute Gasteiger partial charge is 0.137 e. The van der Waals surface area contributed by atoms with Crippen LogP contribution in [0.1, 0.15) is 17.0 Å². The Bertz CT molecular complexity index is 1040. The predicted molar refractivity (Wildman–Crippen MR) is 102 cm³/mol. The van der Waals surface area contributed by atoms with Crippen LogP contribution in [0.4, 0.5) is 0 Å². The number of imidazole rings is 1. The van der Waals surface area contributed by atoms with Crippen LogP contribution in [0, 0.1) is 6.92 Å². The van der Waals surface area contributed by atoms with E-state index >= 15 is 0 Å². The van der Waals surface area contributed by atoms with Crippen molar-refractivity contribution in [1.29, 1.82) is 0 Å². The van der Waals surface area contributed by atoms with Gasteiger partial charge in [0.2, 0.25) is 0 Å². The predicted octanol–water partition coefficient (Wildman–Crippen LogP) is 3.52.